The third kappa shape index (κ3) is 6.51. The van der Waals surface area contributed by atoms with Crippen molar-refractivity contribution < 1.29 is 13.2 Å². The molecule has 2 atom stereocenters. The molecule has 1 aromatic carbocycles. The number of rotatable bonds is 7. The van der Waals surface area contributed by atoms with Crippen molar-refractivity contribution in [3.8, 4) is 0 Å². The summed E-state index contributed by atoms with van der Waals surface area (Å²) in [5.41, 5.74) is 0.952. The summed E-state index contributed by atoms with van der Waals surface area (Å²) >= 11 is 0. The first-order valence-corrected chi connectivity index (χ1v) is 10.2. The minimum absolute atomic E-state index is 0. The molecular formula is C17H29ClN4O3S. The number of carbonyl (C=O) groups excluding carboxylic acids is 1. The average Bonchev–Trinajstić information content (AvgIpc) is 2.60. The van der Waals surface area contributed by atoms with Crippen LogP contribution in [-0.2, 0) is 21.2 Å². The van der Waals surface area contributed by atoms with Gasteiger partial charge in [0.2, 0.25) is 15.9 Å². The Hall–Kier alpha value is -1.19. The standard InChI is InChI=1S/C17H28N4O3S.ClH/c1-13(21-11-3-4-15(12-21)19-2)17(22)20-10-9-14-5-7-16(8-6-14)25(18,23)24;/h5-8,13,15,19H,3-4,9-12H2,1-2H3,(H,20,22)(H2,18,23,24);1H. The molecule has 148 valence electrons. The molecule has 1 heterocycles. The second-order valence-electron chi connectivity index (χ2n) is 6.53. The lowest BCUT2D eigenvalue weighted by molar-refractivity contribution is -0.126. The highest BCUT2D eigenvalue weighted by Gasteiger charge is 2.26. The van der Waals surface area contributed by atoms with Crippen LogP contribution in [-0.4, -0.2) is 58.0 Å². The van der Waals surface area contributed by atoms with Gasteiger partial charge in [0.1, 0.15) is 0 Å². The quantitative estimate of drug-likeness (QED) is 0.613. The number of piperidine rings is 1. The zero-order valence-corrected chi connectivity index (χ0v) is 16.9. The van der Waals surface area contributed by atoms with E-state index in [1.807, 2.05) is 14.0 Å². The molecule has 0 spiro atoms. The SMILES string of the molecule is CNC1CCCN(C(C)C(=O)NCCc2ccc(S(N)(=O)=O)cc2)C1.Cl. The molecule has 1 amide bonds. The molecule has 7 nitrogen and oxygen atoms in total. The molecule has 0 bridgehead atoms. The zero-order chi connectivity index (χ0) is 18.4. The number of nitrogens with one attached hydrogen (secondary N) is 2. The van der Waals surface area contributed by atoms with Crippen LogP contribution in [0.25, 0.3) is 0 Å². The molecule has 2 unspecified atom stereocenters. The van der Waals surface area contributed by atoms with Crippen molar-refractivity contribution >= 4 is 28.3 Å². The molecule has 4 N–H and O–H groups in total. The van der Waals surface area contributed by atoms with Crippen LogP contribution in [0.2, 0.25) is 0 Å². The summed E-state index contributed by atoms with van der Waals surface area (Å²) in [6, 6.07) is 6.71. The predicted molar refractivity (Wildman–Crippen MR) is 105 cm³/mol. The van der Waals surface area contributed by atoms with Gasteiger partial charge in [0, 0.05) is 19.1 Å². The molecule has 2 rings (SSSR count). The fourth-order valence-electron chi connectivity index (χ4n) is 3.08. The molecule has 1 aliphatic heterocycles. The summed E-state index contributed by atoms with van der Waals surface area (Å²) in [5.74, 6) is 0.0258. The molecule has 0 saturated carbocycles. The van der Waals surface area contributed by atoms with E-state index >= 15 is 0 Å². The van der Waals surface area contributed by atoms with Crippen LogP contribution in [0.4, 0.5) is 0 Å². The fourth-order valence-corrected chi connectivity index (χ4v) is 3.60. The number of benzene rings is 1. The van der Waals surface area contributed by atoms with Crippen molar-refractivity contribution in [2.75, 3.05) is 26.7 Å². The van der Waals surface area contributed by atoms with Crippen LogP contribution in [0.1, 0.15) is 25.3 Å². The number of halogens is 1. The predicted octanol–water partition coefficient (Wildman–Crippen LogP) is 0.487. The van der Waals surface area contributed by atoms with Gasteiger partial charge in [-0.3, -0.25) is 9.69 Å². The Morgan fingerprint density at radius 2 is 2.00 bits per heavy atom. The molecule has 1 aromatic rings. The molecule has 0 radical (unpaired) electrons. The number of nitrogens with zero attached hydrogens (tertiary/aromatic N) is 1. The van der Waals surface area contributed by atoms with E-state index in [0.29, 0.717) is 19.0 Å². The normalized spacial score (nSPS) is 19.4. The Labute approximate surface area is 162 Å². The topological polar surface area (TPSA) is 105 Å². The first-order chi connectivity index (χ1) is 11.8. The number of sulfonamides is 1. The lowest BCUT2D eigenvalue weighted by Crippen LogP contribution is -2.52. The smallest absolute Gasteiger partial charge is 0.238 e. The Bertz CT molecular complexity index is 682. The molecule has 9 heteroatoms. The highest BCUT2D eigenvalue weighted by molar-refractivity contribution is 7.89. The van der Waals surface area contributed by atoms with E-state index in [-0.39, 0.29) is 29.3 Å². The van der Waals surface area contributed by atoms with Crippen molar-refractivity contribution in [1.29, 1.82) is 0 Å². The maximum atomic E-state index is 12.3. The van der Waals surface area contributed by atoms with E-state index in [2.05, 4.69) is 15.5 Å². The second kappa shape index (κ2) is 10.2. The molecular weight excluding hydrogens is 376 g/mol. The van der Waals surface area contributed by atoms with Gasteiger partial charge in [0.05, 0.1) is 10.9 Å². The van der Waals surface area contributed by atoms with Crippen LogP contribution in [0.5, 0.6) is 0 Å². The Morgan fingerprint density at radius 1 is 1.35 bits per heavy atom. The maximum absolute atomic E-state index is 12.3. The highest BCUT2D eigenvalue weighted by atomic mass is 35.5. The molecule has 1 fully saturated rings. The molecule has 1 aliphatic rings. The summed E-state index contributed by atoms with van der Waals surface area (Å²) in [5, 5.41) is 11.3. The van der Waals surface area contributed by atoms with Gasteiger partial charge in [-0.15, -0.1) is 12.4 Å². The highest BCUT2D eigenvalue weighted by Crippen LogP contribution is 2.13. The Morgan fingerprint density at radius 3 is 2.58 bits per heavy atom. The first-order valence-electron chi connectivity index (χ1n) is 8.62. The van der Waals surface area contributed by atoms with Gasteiger partial charge in [-0.05, 0) is 57.5 Å². The van der Waals surface area contributed by atoms with Gasteiger partial charge in [-0.1, -0.05) is 12.1 Å². The van der Waals surface area contributed by atoms with E-state index in [1.54, 1.807) is 12.1 Å². The van der Waals surface area contributed by atoms with Crippen molar-refractivity contribution in [2.24, 2.45) is 5.14 Å². The summed E-state index contributed by atoms with van der Waals surface area (Å²) in [7, 11) is -1.71. The molecule has 26 heavy (non-hydrogen) atoms. The van der Waals surface area contributed by atoms with Gasteiger partial charge < -0.3 is 10.6 Å². The van der Waals surface area contributed by atoms with E-state index < -0.39 is 10.0 Å². The van der Waals surface area contributed by atoms with E-state index in [9.17, 15) is 13.2 Å². The lowest BCUT2D eigenvalue weighted by Gasteiger charge is -2.35. The number of amides is 1. The number of nitrogens with two attached hydrogens (primary N) is 1. The van der Waals surface area contributed by atoms with Crippen LogP contribution in [0.3, 0.4) is 0 Å². The van der Waals surface area contributed by atoms with Crippen molar-refractivity contribution in [1.82, 2.24) is 15.5 Å². The van der Waals surface area contributed by atoms with Crippen molar-refractivity contribution in [3.63, 3.8) is 0 Å². The van der Waals surface area contributed by atoms with Crippen LogP contribution >= 0.6 is 12.4 Å². The minimum Gasteiger partial charge on any atom is -0.354 e. The first kappa shape index (κ1) is 22.9. The van der Waals surface area contributed by atoms with Gasteiger partial charge in [0.15, 0.2) is 0 Å². The van der Waals surface area contributed by atoms with Crippen LogP contribution in [0.15, 0.2) is 29.2 Å². The fraction of sp³-hybridized carbons (Fsp3) is 0.588. The van der Waals surface area contributed by atoms with E-state index in [1.165, 1.54) is 12.1 Å². The number of primary sulfonamides is 1. The van der Waals surface area contributed by atoms with Crippen LogP contribution < -0.4 is 15.8 Å². The summed E-state index contributed by atoms with van der Waals surface area (Å²) in [4.78, 5) is 14.6. The summed E-state index contributed by atoms with van der Waals surface area (Å²) < 4.78 is 22.5. The monoisotopic (exact) mass is 404 g/mol. The number of carbonyl (C=O) groups is 1. The van der Waals surface area contributed by atoms with E-state index in [0.717, 1.165) is 31.5 Å². The van der Waals surface area contributed by atoms with Gasteiger partial charge >= 0.3 is 0 Å². The van der Waals surface area contributed by atoms with Gasteiger partial charge in [-0.25, -0.2) is 13.6 Å². The number of hydrogen-bond donors (Lipinski definition) is 3. The molecule has 0 aromatic heterocycles. The third-order valence-electron chi connectivity index (χ3n) is 4.75. The average molecular weight is 405 g/mol. The maximum Gasteiger partial charge on any atom is 0.238 e. The largest absolute Gasteiger partial charge is 0.354 e. The minimum atomic E-state index is -3.66. The molecule has 0 aliphatic carbocycles. The summed E-state index contributed by atoms with van der Waals surface area (Å²) in [6.45, 7) is 4.29. The number of likely N-dealkylation sites (N-methyl/N-ethyl adjacent to an activating group) is 1. The van der Waals surface area contributed by atoms with Gasteiger partial charge in [0.25, 0.3) is 0 Å². The molecule has 1 saturated heterocycles. The van der Waals surface area contributed by atoms with Gasteiger partial charge in [-0.2, -0.15) is 0 Å². The Balaban J connectivity index is 0.00000338. The Kier molecular flexibility index (Phi) is 8.99. The number of likely N-dealkylation sites (tertiary alicyclic amines) is 1. The van der Waals surface area contributed by atoms with Crippen molar-refractivity contribution in [2.45, 2.75) is 43.2 Å². The summed E-state index contributed by atoms with van der Waals surface area (Å²) in [6.07, 6.45) is 2.89. The third-order valence-corrected chi connectivity index (χ3v) is 5.68. The van der Waals surface area contributed by atoms with Crippen LogP contribution in [0, 0.1) is 0 Å². The zero-order valence-electron chi connectivity index (χ0n) is 15.3. The lowest BCUT2D eigenvalue weighted by atomic mass is 10.0. The van der Waals surface area contributed by atoms with E-state index in [4.69, 9.17) is 5.14 Å². The second-order valence-corrected chi connectivity index (χ2v) is 8.09. The van der Waals surface area contributed by atoms with Crippen molar-refractivity contribution in [3.05, 3.63) is 29.8 Å². The number of hydrogen-bond acceptors (Lipinski definition) is 5.